The van der Waals surface area contributed by atoms with Gasteiger partial charge in [-0.05, 0) is 49.8 Å². The van der Waals surface area contributed by atoms with Crippen molar-refractivity contribution in [3.8, 4) is 0 Å². The SMILES string of the molecule is CCCCCC(CCCN(Cc1cccc(/C=C/C(=O)OCC)c1)S(C)(=O)=O)OC(C)=O. The van der Waals surface area contributed by atoms with Gasteiger partial charge < -0.3 is 9.47 Å². The monoisotopic (exact) mass is 467 g/mol. The Morgan fingerprint density at radius 3 is 2.47 bits per heavy atom. The largest absolute Gasteiger partial charge is 0.463 e. The highest BCUT2D eigenvalue weighted by molar-refractivity contribution is 7.88. The topological polar surface area (TPSA) is 90.0 Å². The van der Waals surface area contributed by atoms with Crippen LogP contribution in [-0.4, -0.2) is 50.2 Å². The predicted octanol–water partition coefficient (Wildman–Crippen LogP) is 4.32. The zero-order chi connectivity index (χ0) is 24.0. The summed E-state index contributed by atoms with van der Waals surface area (Å²) in [4.78, 5) is 22.9. The van der Waals surface area contributed by atoms with E-state index in [0.717, 1.165) is 36.8 Å². The third-order valence-corrected chi connectivity index (χ3v) is 6.12. The minimum absolute atomic E-state index is 0.184. The molecule has 7 nitrogen and oxygen atoms in total. The quantitative estimate of drug-likeness (QED) is 0.217. The van der Waals surface area contributed by atoms with Crippen molar-refractivity contribution in [1.29, 1.82) is 0 Å². The number of ether oxygens (including phenoxy) is 2. The van der Waals surface area contributed by atoms with Crippen molar-refractivity contribution in [2.75, 3.05) is 19.4 Å². The summed E-state index contributed by atoms with van der Waals surface area (Å²) >= 11 is 0. The van der Waals surface area contributed by atoms with Gasteiger partial charge in [-0.3, -0.25) is 4.79 Å². The van der Waals surface area contributed by atoms with E-state index in [2.05, 4.69) is 6.92 Å². The lowest BCUT2D eigenvalue weighted by Gasteiger charge is -2.22. The van der Waals surface area contributed by atoms with E-state index in [1.54, 1.807) is 13.0 Å². The Hall–Kier alpha value is -2.19. The number of sulfonamides is 1. The molecular weight excluding hydrogens is 430 g/mol. The van der Waals surface area contributed by atoms with Crippen LogP contribution in [0.1, 0.15) is 70.4 Å². The van der Waals surface area contributed by atoms with Crippen LogP contribution in [0.25, 0.3) is 6.08 Å². The first-order chi connectivity index (χ1) is 15.2. The summed E-state index contributed by atoms with van der Waals surface area (Å²) in [6, 6.07) is 7.36. The van der Waals surface area contributed by atoms with Crippen molar-refractivity contribution in [2.24, 2.45) is 0 Å². The summed E-state index contributed by atoms with van der Waals surface area (Å²) in [6.45, 7) is 6.14. The molecule has 0 heterocycles. The molecule has 0 fully saturated rings. The Labute approximate surface area is 192 Å². The second kappa shape index (κ2) is 14.8. The van der Waals surface area contributed by atoms with Crippen molar-refractivity contribution in [3.05, 3.63) is 41.5 Å². The van der Waals surface area contributed by atoms with Gasteiger partial charge in [-0.25, -0.2) is 13.2 Å². The van der Waals surface area contributed by atoms with Crippen molar-refractivity contribution in [3.63, 3.8) is 0 Å². The maximum absolute atomic E-state index is 12.3. The molecule has 0 radical (unpaired) electrons. The second-order valence-electron chi connectivity index (χ2n) is 7.80. The Morgan fingerprint density at radius 1 is 1.12 bits per heavy atom. The van der Waals surface area contributed by atoms with Crippen LogP contribution >= 0.6 is 0 Å². The highest BCUT2D eigenvalue weighted by atomic mass is 32.2. The van der Waals surface area contributed by atoms with E-state index in [1.165, 1.54) is 23.6 Å². The molecule has 1 rings (SSSR count). The fourth-order valence-electron chi connectivity index (χ4n) is 3.33. The number of carbonyl (C=O) groups excluding carboxylic acids is 2. The number of nitrogens with zero attached hydrogens (tertiary/aromatic N) is 1. The first-order valence-electron chi connectivity index (χ1n) is 11.2. The van der Waals surface area contributed by atoms with Crippen LogP contribution in [0.3, 0.4) is 0 Å². The molecule has 32 heavy (non-hydrogen) atoms. The molecule has 0 saturated heterocycles. The zero-order valence-corrected chi connectivity index (χ0v) is 20.5. The molecule has 0 spiro atoms. The van der Waals surface area contributed by atoms with Gasteiger partial charge in [-0.2, -0.15) is 4.31 Å². The lowest BCUT2D eigenvalue weighted by molar-refractivity contribution is -0.147. The fourth-order valence-corrected chi connectivity index (χ4v) is 4.17. The van der Waals surface area contributed by atoms with Crippen LogP contribution in [0.2, 0.25) is 0 Å². The molecule has 0 bridgehead atoms. The Morgan fingerprint density at radius 2 is 1.84 bits per heavy atom. The van der Waals surface area contributed by atoms with Crippen molar-refractivity contribution in [1.82, 2.24) is 4.31 Å². The number of esters is 2. The average Bonchev–Trinajstić information content (AvgIpc) is 2.71. The molecule has 1 aromatic rings. The third-order valence-electron chi connectivity index (χ3n) is 4.87. The Bertz CT molecular complexity index is 850. The van der Waals surface area contributed by atoms with E-state index in [-0.39, 0.29) is 18.6 Å². The molecule has 0 aromatic heterocycles. The van der Waals surface area contributed by atoms with Crippen LogP contribution in [0, 0.1) is 0 Å². The third kappa shape index (κ3) is 12.0. The molecule has 1 unspecified atom stereocenters. The molecule has 1 aromatic carbocycles. The van der Waals surface area contributed by atoms with Crippen LogP contribution < -0.4 is 0 Å². The lowest BCUT2D eigenvalue weighted by Crippen LogP contribution is -2.31. The van der Waals surface area contributed by atoms with Crippen LogP contribution in [-0.2, 0) is 35.6 Å². The minimum Gasteiger partial charge on any atom is -0.463 e. The van der Waals surface area contributed by atoms with Gasteiger partial charge >= 0.3 is 11.9 Å². The highest BCUT2D eigenvalue weighted by Crippen LogP contribution is 2.16. The van der Waals surface area contributed by atoms with Gasteiger partial charge in [0.25, 0.3) is 0 Å². The van der Waals surface area contributed by atoms with Crippen LogP contribution in [0.15, 0.2) is 30.3 Å². The van der Waals surface area contributed by atoms with Crippen LogP contribution in [0.5, 0.6) is 0 Å². The normalized spacial score (nSPS) is 12.8. The van der Waals surface area contributed by atoms with Gasteiger partial charge in [-0.1, -0.05) is 44.0 Å². The summed E-state index contributed by atoms with van der Waals surface area (Å²) in [7, 11) is -3.42. The number of benzene rings is 1. The summed E-state index contributed by atoms with van der Waals surface area (Å²) in [5.74, 6) is -0.726. The summed E-state index contributed by atoms with van der Waals surface area (Å²) in [5, 5.41) is 0. The van der Waals surface area contributed by atoms with E-state index in [1.807, 2.05) is 24.3 Å². The molecule has 0 aliphatic rings. The number of hydrogen-bond donors (Lipinski definition) is 0. The molecular formula is C24H37NO6S. The van der Waals surface area contributed by atoms with Crippen molar-refractivity contribution >= 4 is 28.0 Å². The maximum Gasteiger partial charge on any atom is 0.330 e. The predicted molar refractivity (Wildman–Crippen MR) is 126 cm³/mol. The summed E-state index contributed by atoms with van der Waals surface area (Å²) < 4.78 is 36.4. The minimum atomic E-state index is -3.42. The maximum atomic E-state index is 12.3. The fraction of sp³-hybridized carbons (Fsp3) is 0.583. The van der Waals surface area contributed by atoms with Gasteiger partial charge in [0.15, 0.2) is 0 Å². The van der Waals surface area contributed by atoms with Gasteiger partial charge in [0.05, 0.1) is 12.9 Å². The molecule has 180 valence electrons. The standard InChI is InChI=1S/C24H37NO6S/c1-5-7-8-13-23(31-20(3)26)14-10-17-25(32(4,28)29)19-22-12-9-11-21(18-22)15-16-24(27)30-6-2/h9,11-12,15-16,18,23H,5-8,10,13-14,17,19H2,1-4H3/b16-15+. The summed E-state index contributed by atoms with van der Waals surface area (Å²) in [5.41, 5.74) is 1.61. The Balaban J connectivity index is 2.76. The number of rotatable bonds is 15. The smallest absolute Gasteiger partial charge is 0.330 e. The zero-order valence-electron chi connectivity index (χ0n) is 19.7. The van der Waals surface area contributed by atoms with Gasteiger partial charge in [0.1, 0.15) is 6.10 Å². The second-order valence-corrected chi connectivity index (χ2v) is 9.78. The average molecular weight is 468 g/mol. The van der Waals surface area contributed by atoms with E-state index in [0.29, 0.717) is 26.0 Å². The van der Waals surface area contributed by atoms with Gasteiger partial charge in [0, 0.05) is 26.1 Å². The van der Waals surface area contributed by atoms with E-state index >= 15 is 0 Å². The van der Waals surface area contributed by atoms with Crippen LogP contribution in [0.4, 0.5) is 0 Å². The molecule has 0 N–H and O–H groups in total. The molecule has 1 atom stereocenters. The number of carbonyl (C=O) groups is 2. The summed E-state index contributed by atoms with van der Waals surface area (Å²) in [6.07, 6.45) is 9.17. The first-order valence-corrected chi connectivity index (χ1v) is 13.1. The first kappa shape index (κ1) is 27.8. The number of unbranched alkanes of at least 4 members (excludes halogenated alkanes) is 2. The van der Waals surface area contributed by atoms with Gasteiger partial charge in [0.2, 0.25) is 10.0 Å². The molecule has 8 heteroatoms. The van der Waals surface area contributed by atoms with Crippen molar-refractivity contribution in [2.45, 2.75) is 71.9 Å². The highest BCUT2D eigenvalue weighted by Gasteiger charge is 2.19. The van der Waals surface area contributed by atoms with Crippen molar-refractivity contribution < 1.29 is 27.5 Å². The van der Waals surface area contributed by atoms with E-state index in [9.17, 15) is 18.0 Å². The molecule has 0 aliphatic carbocycles. The van der Waals surface area contributed by atoms with E-state index < -0.39 is 16.0 Å². The lowest BCUT2D eigenvalue weighted by atomic mass is 10.1. The Kier molecular flexibility index (Phi) is 12.9. The number of hydrogen-bond acceptors (Lipinski definition) is 6. The molecule has 0 aliphatic heterocycles. The van der Waals surface area contributed by atoms with E-state index in [4.69, 9.17) is 9.47 Å². The molecule has 0 amide bonds. The molecule has 0 saturated carbocycles. The van der Waals surface area contributed by atoms with Gasteiger partial charge in [-0.15, -0.1) is 0 Å².